The summed E-state index contributed by atoms with van der Waals surface area (Å²) in [5.74, 6) is -3.59. The normalized spacial score (nSPS) is 22.4. The largest absolute Gasteiger partial charge is 0.573 e. The highest BCUT2D eigenvalue weighted by Gasteiger charge is 2.56. The van der Waals surface area contributed by atoms with Crippen molar-refractivity contribution in [1.29, 1.82) is 0 Å². The van der Waals surface area contributed by atoms with E-state index in [0.29, 0.717) is 34.7 Å². The Balaban J connectivity index is 1.71. The molecular weight excluding hydrogens is 521 g/mol. The minimum atomic E-state index is -5.24. The van der Waals surface area contributed by atoms with Crippen molar-refractivity contribution in [3.05, 3.63) is 40.7 Å². The number of carbonyl (C=O) groups is 1. The lowest BCUT2D eigenvalue weighted by atomic mass is 9.95. The number of carbonyl (C=O) groups excluding carboxylic acids is 1. The second-order valence-electron chi connectivity index (χ2n) is 10.9. The van der Waals surface area contributed by atoms with Crippen molar-refractivity contribution in [2.75, 3.05) is 25.9 Å². The third kappa shape index (κ3) is 4.11. The fraction of sp³-hybridized carbons (Fsp3) is 0.481. The quantitative estimate of drug-likeness (QED) is 0.290. The monoisotopic (exact) mass is 549 g/mol. The van der Waals surface area contributed by atoms with Crippen LogP contribution in [0.5, 0.6) is 5.75 Å². The van der Waals surface area contributed by atoms with Crippen molar-refractivity contribution >= 4 is 22.5 Å². The van der Waals surface area contributed by atoms with E-state index in [4.69, 9.17) is 5.73 Å². The molecule has 4 N–H and O–H groups in total. The van der Waals surface area contributed by atoms with E-state index < -0.39 is 35.0 Å². The van der Waals surface area contributed by atoms with Crippen LogP contribution in [0.15, 0.2) is 12.1 Å². The maximum Gasteiger partial charge on any atom is 0.573 e. The van der Waals surface area contributed by atoms with Gasteiger partial charge in [0, 0.05) is 30.2 Å². The third-order valence-electron chi connectivity index (χ3n) is 8.01. The number of piperidine rings is 1. The molecule has 3 aliphatic rings. The molecule has 3 aromatic rings. The second kappa shape index (κ2) is 8.80. The van der Waals surface area contributed by atoms with Gasteiger partial charge in [0.25, 0.3) is 5.91 Å². The number of nitrogens with one attached hydrogen (secondary N) is 2. The van der Waals surface area contributed by atoms with Crippen LogP contribution in [0, 0.1) is 23.5 Å². The fourth-order valence-corrected chi connectivity index (χ4v) is 6.25. The Bertz CT molecular complexity index is 1500. The van der Waals surface area contributed by atoms with Gasteiger partial charge in [0.2, 0.25) is 0 Å². The first-order valence-corrected chi connectivity index (χ1v) is 13.0. The van der Waals surface area contributed by atoms with E-state index >= 15 is 4.39 Å². The predicted molar refractivity (Wildman–Crippen MR) is 135 cm³/mol. The van der Waals surface area contributed by atoms with Gasteiger partial charge in [-0.2, -0.15) is 0 Å². The Morgan fingerprint density at radius 1 is 1.21 bits per heavy atom. The first kappa shape index (κ1) is 25.8. The van der Waals surface area contributed by atoms with Crippen molar-refractivity contribution in [2.45, 2.75) is 50.9 Å². The molecule has 39 heavy (non-hydrogen) atoms. The van der Waals surface area contributed by atoms with Crippen LogP contribution >= 0.6 is 0 Å². The summed E-state index contributed by atoms with van der Waals surface area (Å²) in [5, 5.41) is 6.54. The molecule has 3 fully saturated rings. The topological polar surface area (TPSA) is 94.2 Å². The number of nitrogens with zero attached hydrogens (tertiary/aromatic N) is 2. The summed E-state index contributed by atoms with van der Waals surface area (Å²) >= 11 is 0. The van der Waals surface area contributed by atoms with Crippen LogP contribution in [0.1, 0.15) is 66.3 Å². The molecule has 1 saturated heterocycles. The third-order valence-corrected chi connectivity index (χ3v) is 8.01. The zero-order valence-electron chi connectivity index (χ0n) is 21.5. The smallest absolute Gasteiger partial charge is 0.402 e. The van der Waals surface area contributed by atoms with Crippen LogP contribution in [-0.2, 0) is 0 Å². The highest BCUT2D eigenvalue weighted by atomic mass is 19.4. The van der Waals surface area contributed by atoms with E-state index in [0.717, 1.165) is 37.6 Å². The van der Waals surface area contributed by atoms with Gasteiger partial charge < -0.3 is 25.7 Å². The lowest BCUT2D eigenvalue weighted by Crippen LogP contribution is -2.24. The Hall–Kier alpha value is -3.41. The standard InChI is InChI=1S/C27H28F5N5O2/c1-10(2)21-19-18(17-14-8-35-9-15(14)17)24(26(38)34-3)37(12-4-5-12)23(19)20(29)22(36-21)13-6-11(33)7-16(28)25(13)39-27(30,31)32/h6-7,10,12,14-15,17,35H,4-5,8-9,33H2,1-3H3,(H,34,38)/t14-,15+,17?. The van der Waals surface area contributed by atoms with Crippen molar-refractivity contribution < 1.29 is 31.5 Å². The van der Waals surface area contributed by atoms with E-state index in [-0.39, 0.29) is 35.0 Å². The SMILES string of the molecule is CNC(=O)c1c(C2[C@H]3CNC[C@@H]23)c2c(C(C)C)nc(-c3cc(N)cc(F)c3OC(F)(F)F)c(F)c2n1C1CC1. The maximum absolute atomic E-state index is 16.7. The molecule has 7 nitrogen and oxygen atoms in total. The van der Waals surface area contributed by atoms with E-state index in [9.17, 15) is 22.4 Å². The zero-order valence-corrected chi connectivity index (χ0v) is 21.5. The Kier molecular flexibility index (Phi) is 5.83. The number of benzene rings is 1. The Morgan fingerprint density at radius 2 is 1.87 bits per heavy atom. The summed E-state index contributed by atoms with van der Waals surface area (Å²) in [6, 6.07) is 1.55. The molecule has 12 heteroatoms. The number of halogens is 5. The molecule has 1 aromatic carbocycles. The molecule has 1 aliphatic heterocycles. The molecule has 6 rings (SSSR count). The van der Waals surface area contributed by atoms with Gasteiger partial charge in [-0.15, -0.1) is 13.2 Å². The molecule has 0 spiro atoms. The lowest BCUT2D eigenvalue weighted by molar-refractivity contribution is -0.275. The van der Waals surface area contributed by atoms with Crippen molar-refractivity contribution in [3.63, 3.8) is 0 Å². The summed E-state index contributed by atoms with van der Waals surface area (Å²) in [6.07, 6.45) is -3.80. The predicted octanol–water partition coefficient (Wildman–Crippen LogP) is 5.21. The number of hydrogen-bond acceptors (Lipinski definition) is 5. The average Bonchev–Trinajstić information content (AvgIpc) is 3.73. The van der Waals surface area contributed by atoms with Gasteiger partial charge in [0.15, 0.2) is 17.4 Å². The lowest BCUT2D eigenvalue weighted by Gasteiger charge is -2.18. The summed E-state index contributed by atoms with van der Waals surface area (Å²) in [5.41, 5.74) is 6.11. The summed E-state index contributed by atoms with van der Waals surface area (Å²) in [4.78, 5) is 17.9. The van der Waals surface area contributed by atoms with Crippen LogP contribution in [0.4, 0.5) is 27.6 Å². The Morgan fingerprint density at radius 3 is 2.44 bits per heavy atom. The van der Waals surface area contributed by atoms with Crippen LogP contribution in [0.2, 0.25) is 0 Å². The molecule has 0 radical (unpaired) electrons. The number of pyridine rings is 1. The molecule has 3 atom stereocenters. The van der Waals surface area contributed by atoms with Gasteiger partial charge in [-0.25, -0.2) is 13.8 Å². The fourth-order valence-electron chi connectivity index (χ4n) is 6.25. The maximum atomic E-state index is 16.7. The van der Waals surface area contributed by atoms with Gasteiger partial charge in [0.1, 0.15) is 11.4 Å². The number of amides is 1. The van der Waals surface area contributed by atoms with Crippen LogP contribution in [-0.4, -0.2) is 42.0 Å². The van der Waals surface area contributed by atoms with E-state index in [1.54, 1.807) is 4.57 Å². The summed E-state index contributed by atoms with van der Waals surface area (Å²) in [6.45, 7) is 5.24. The van der Waals surface area contributed by atoms with Gasteiger partial charge >= 0.3 is 6.36 Å². The molecule has 1 unspecified atom stereocenters. The van der Waals surface area contributed by atoms with Gasteiger partial charge in [0.05, 0.1) is 16.8 Å². The minimum absolute atomic E-state index is 0.0273. The summed E-state index contributed by atoms with van der Waals surface area (Å²) in [7, 11) is 1.51. The molecule has 3 heterocycles. The molecule has 2 aliphatic carbocycles. The minimum Gasteiger partial charge on any atom is -0.402 e. The molecule has 0 bridgehead atoms. The highest BCUT2D eigenvalue weighted by molar-refractivity contribution is 6.04. The van der Waals surface area contributed by atoms with Gasteiger partial charge in [-0.1, -0.05) is 13.8 Å². The number of ether oxygens (including phenoxy) is 1. The van der Waals surface area contributed by atoms with Crippen LogP contribution in [0.3, 0.4) is 0 Å². The Labute approximate surface area is 220 Å². The summed E-state index contributed by atoms with van der Waals surface area (Å²) < 4.78 is 77.0. The van der Waals surface area contributed by atoms with Crippen molar-refractivity contribution in [1.82, 2.24) is 20.2 Å². The van der Waals surface area contributed by atoms with E-state index in [1.807, 2.05) is 13.8 Å². The number of nitrogens with two attached hydrogens (primary N) is 1. The molecule has 1 amide bonds. The number of hydrogen-bond donors (Lipinski definition) is 3. The number of fused-ring (bicyclic) bond motifs is 2. The highest BCUT2D eigenvalue weighted by Crippen LogP contribution is 2.60. The number of aromatic nitrogens is 2. The first-order chi connectivity index (χ1) is 18.4. The number of anilines is 1. The number of nitrogen functional groups attached to an aromatic ring is 1. The number of rotatable bonds is 6. The zero-order chi connectivity index (χ0) is 28.0. The molecule has 2 aromatic heterocycles. The van der Waals surface area contributed by atoms with Crippen molar-refractivity contribution in [2.24, 2.45) is 11.8 Å². The molecule has 2 saturated carbocycles. The molecular formula is C27H28F5N5O2. The first-order valence-electron chi connectivity index (χ1n) is 13.0. The van der Waals surface area contributed by atoms with E-state index in [1.165, 1.54) is 7.05 Å². The van der Waals surface area contributed by atoms with Crippen LogP contribution in [0.25, 0.3) is 22.2 Å². The molecule has 208 valence electrons. The second-order valence-corrected chi connectivity index (χ2v) is 10.9. The van der Waals surface area contributed by atoms with E-state index in [2.05, 4.69) is 20.4 Å². The van der Waals surface area contributed by atoms with Gasteiger partial charge in [-0.05, 0) is 61.2 Å². The van der Waals surface area contributed by atoms with Crippen LogP contribution < -0.4 is 21.1 Å². The average molecular weight is 550 g/mol. The van der Waals surface area contributed by atoms with Crippen molar-refractivity contribution in [3.8, 4) is 17.0 Å². The number of alkyl halides is 3. The van der Waals surface area contributed by atoms with Gasteiger partial charge in [-0.3, -0.25) is 4.79 Å².